The minimum atomic E-state index is -0.369. The van der Waals surface area contributed by atoms with E-state index in [2.05, 4.69) is 4.98 Å². The smallest absolute Gasteiger partial charge is 0.217 e. The first kappa shape index (κ1) is 14.4. The molecule has 0 bridgehead atoms. The van der Waals surface area contributed by atoms with Gasteiger partial charge in [0.25, 0.3) is 0 Å². The highest BCUT2D eigenvalue weighted by atomic mass is 35.5. The molecule has 1 heterocycles. The van der Waals surface area contributed by atoms with Gasteiger partial charge in [0.2, 0.25) is 5.91 Å². The van der Waals surface area contributed by atoms with Crippen LogP contribution < -0.4 is 5.73 Å². The van der Waals surface area contributed by atoms with Gasteiger partial charge in [-0.05, 0) is 31.0 Å². The lowest BCUT2D eigenvalue weighted by Gasteiger charge is -2.11. The van der Waals surface area contributed by atoms with Crippen molar-refractivity contribution >= 4 is 51.6 Å². The summed E-state index contributed by atoms with van der Waals surface area (Å²) in [5, 5.41) is 1.89. The maximum Gasteiger partial charge on any atom is 0.217 e. The number of carbonyl (C=O) groups excluding carboxylic acids is 1. The van der Waals surface area contributed by atoms with E-state index in [0.29, 0.717) is 32.4 Å². The average Bonchev–Trinajstić information content (AvgIpc) is 2.33. The number of nitrogens with two attached hydrogens (primary N) is 1. The highest BCUT2D eigenvalue weighted by Crippen LogP contribution is 2.37. The molecule has 0 aliphatic heterocycles. The molecule has 0 fully saturated rings. The predicted octanol–water partition coefficient (Wildman–Crippen LogP) is 3.92. The van der Waals surface area contributed by atoms with E-state index in [1.54, 1.807) is 6.07 Å². The number of fused-ring (bicyclic) bond motifs is 1. The Kier molecular flexibility index (Phi) is 4.19. The minimum Gasteiger partial charge on any atom is -0.370 e. The van der Waals surface area contributed by atoms with E-state index in [4.69, 9.17) is 40.5 Å². The third kappa shape index (κ3) is 2.94. The van der Waals surface area contributed by atoms with Crippen LogP contribution in [0.2, 0.25) is 15.1 Å². The molecule has 0 aliphatic carbocycles. The molecular formula is C13H11Cl3N2O. The second-order valence-electron chi connectivity index (χ2n) is 4.27. The Morgan fingerprint density at radius 1 is 1.26 bits per heavy atom. The van der Waals surface area contributed by atoms with Gasteiger partial charge in [-0.3, -0.25) is 9.78 Å². The van der Waals surface area contributed by atoms with Gasteiger partial charge in [0.1, 0.15) is 0 Å². The molecule has 1 aromatic carbocycles. The van der Waals surface area contributed by atoms with E-state index in [1.807, 2.05) is 13.0 Å². The fourth-order valence-corrected chi connectivity index (χ4v) is 2.75. The van der Waals surface area contributed by atoms with Crippen LogP contribution in [0.3, 0.4) is 0 Å². The van der Waals surface area contributed by atoms with Crippen molar-refractivity contribution in [3.05, 3.63) is 38.5 Å². The highest BCUT2D eigenvalue weighted by Gasteiger charge is 2.14. The van der Waals surface area contributed by atoms with E-state index in [0.717, 1.165) is 11.3 Å². The molecule has 2 rings (SSSR count). The zero-order valence-electron chi connectivity index (χ0n) is 10.1. The molecule has 3 nitrogen and oxygen atoms in total. The first-order chi connectivity index (χ1) is 8.90. The second kappa shape index (κ2) is 5.53. The normalized spacial score (nSPS) is 10.9. The Hall–Kier alpha value is -1.03. The molecule has 2 N–H and O–H groups in total. The lowest BCUT2D eigenvalue weighted by Crippen LogP contribution is -2.11. The summed E-state index contributed by atoms with van der Waals surface area (Å²) in [6, 6.07) is 3.43. The summed E-state index contributed by atoms with van der Waals surface area (Å²) < 4.78 is 0. The summed E-state index contributed by atoms with van der Waals surface area (Å²) in [5.41, 5.74) is 7.44. The van der Waals surface area contributed by atoms with Crippen LogP contribution in [0.4, 0.5) is 0 Å². The van der Waals surface area contributed by atoms with E-state index in [-0.39, 0.29) is 12.3 Å². The number of primary amides is 1. The number of halogens is 3. The van der Waals surface area contributed by atoms with Gasteiger partial charge in [-0.1, -0.05) is 34.8 Å². The quantitative estimate of drug-likeness (QED) is 0.872. The maximum absolute atomic E-state index is 10.9. The van der Waals surface area contributed by atoms with Crippen molar-refractivity contribution in [3.63, 3.8) is 0 Å². The van der Waals surface area contributed by atoms with Gasteiger partial charge < -0.3 is 5.73 Å². The SMILES string of the molecule is Cc1cc(CCC(N)=O)c2c(Cl)c(Cl)cc(Cl)c2n1. The molecule has 0 saturated carbocycles. The predicted molar refractivity (Wildman–Crippen MR) is 79.0 cm³/mol. The molecule has 2 aromatic rings. The topological polar surface area (TPSA) is 56.0 Å². The molecule has 0 radical (unpaired) electrons. The van der Waals surface area contributed by atoms with Crippen molar-refractivity contribution in [2.24, 2.45) is 5.73 Å². The fourth-order valence-electron chi connectivity index (χ4n) is 1.98. The Labute approximate surface area is 125 Å². The third-order valence-corrected chi connectivity index (χ3v) is 3.85. The van der Waals surface area contributed by atoms with E-state index >= 15 is 0 Å². The third-order valence-electron chi connectivity index (χ3n) is 2.78. The number of rotatable bonds is 3. The maximum atomic E-state index is 10.9. The highest BCUT2D eigenvalue weighted by molar-refractivity contribution is 6.47. The zero-order chi connectivity index (χ0) is 14.2. The van der Waals surface area contributed by atoms with Crippen molar-refractivity contribution in [1.82, 2.24) is 4.98 Å². The van der Waals surface area contributed by atoms with Crippen LogP contribution in [-0.2, 0) is 11.2 Å². The first-order valence-corrected chi connectivity index (χ1v) is 6.75. The van der Waals surface area contributed by atoms with Gasteiger partial charge >= 0.3 is 0 Å². The van der Waals surface area contributed by atoms with Crippen LogP contribution in [0.25, 0.3) is 10.9 Å². The number of aromatic nitrogens is 1. The molecule has 0 aliphatic rings. The molecule has 0 atom stereocenters. The van der Waals surface area contributed by atoms with Crippen molar-refractivity contribution in [2.75, 3.05) is 0 Å². The van der Waals surface area contributed by atoms with Crippen LogP contribution in [0.15, 0.2) is 12.1 Å². The number of carbonyl (C=O) groups is 1. The number of amides is 1. The molecular weight excluding hydrogens is 307 g/mol. The number of hydrogen-bond donors (Lipinski definition) is 1. The van der Waals surface area contributed by atoms with Crippen molar-refractivity contribution in [2.45, 2.75) is 19.8 Å². The Balaban J connectivity index is 2.71. The summed E-state index contributed by atoms with van der Waals surface area (Å²) in [4.78, 5) is 15.3. The number of hydrogen-bond acceptors (Lipinski definition) is 2. The van der Waals surface area contributed by atoms with E-state index in [9.17, 15) is 4.79 Å². The molecule has 100 valence electrons. The monoisotopic (exact) mass is 316 g/mol. The van der Waals surface area contributed by atoms with Crippen LogP contribution in [0.5, 0.6) is 0 Å². The molecule has 19 heavy (non-hydrogen) atoms. The molecule has 1 aromatic heterocycles. The minimum absolute atomic E-state index is 0.235. The van der Waals surface area contributed by atoms with Crippen LogP contribution in [0.1, 0.15) is 17.7 Å². The van der Waals surface area contributed by atoms with Gasteiger partial charge in [-0.15, -0.1) is 0 Å². The van der Waals surface area contributed by atoms with Crippen LogP contribution in [-0.4, -0.2) is 10.9 Å². The lowest BCUT2D eigenvalue weighted by atomic mass is 10.0. The van der Waals surface area contributed by atoms with Gasteiger partial charge in [-0.25, -0.2) is 0 Å². The summed E-state index contributed by atoms with van der Waals surface area (Å²) in [6.07, 6.45) is 0.713. The molecule has 0 spiro atoms. The average molecular weight is 318 g/mol. The molecule has 0 unspecified atom stereocenters. The lowest BCUT2D eigenvalue weighted by molar-refractivity contribution is -0.117. The van der Waals surface area contributed by atoms with E-state index in [1.165, 1.54) is 0 Å². The van der Waals surface area contributed by atoms with Crippen molar-refractivity contribution in [1.29, 1.82) is 0 Å². The summed E-state index contributed by atoms with van der Waals surface area (Å²) >= 11 is 18.4. The summed E-state index contributed by atoms with van der Waals surface area (Å²) in [5.74, 6) is -0.369. The number of aryl methyl sites for hydroxylation is 2. The van der Waals surface area contributed by atoms with Crippen LogP contribution >= 0.6 is 34.8 Å². The fraction of sp³-hybridized carbons (Fsp3) is 0.231. The Bertz CT molecular complexity index is 671. The van der Waals surface area contributed by atoms with Crippen LogP contribution in [0, 0.1) is 6.92 Å². The van der Waals surface area contributed by atoms with Gasteiger partial charge in [0, 0.05) is 17.5 Å². The standard InChI is InChI=1S/C13H11Cl3N2O/c1-6-4-7(2-3-10(17)19)11-12(16)8(14)5-9(15)13(11)18-6/h4-5H,2-3H2,1H3,(H2,17,19). The van der Waals surface area contributed by atoms with Gasteiger partial charge in [0.15, 0.2) is 0 Å². The number of pyridine rings is 1. The molecule has 1 amide bonds. The first-order valence-electron chi connectivity index (χ1n) is 5.62. The molecule has 6 heteroatoms. The van der Waals surface area contributed by atoms with E-state index < -0.39 is 0 Å². The number of benzene rings is 1. The Morgan fingerprint density at radius 3 is 2.58 bits per heavy atom. The molecule has 0 saturated heterocycles. The van der Waals surface area contributed by atoms with Gasteiger partial charge in [-0.2, -0.15) is 0 Å². The van der Waals surface area contributed by atoms with Crippen molar-refractivity contribution in [3.8, 4) is 0 Å². The van der Waals surface area contributed by atoms with Gasteiger partial charge in [0.05, 0.1) is 20.6 Å². The number of nitrogens with zero attached hydrogens (tertiary/aromatic N) is 1. The zero-order valence-corrected chi connectivity index (χ0v) is 12.4. The largest absolute Gasteiger partial charge is 0.370 e. The Morgan fingerprint density at radius 2 is 1.95 bits per heavy atom. The summed E-state index contributed by atoms with van der Waals surface area (Å²) in [6.45, 7) is 1.85. The second-order valence-corrected chi connectivity index (χ2v) is 5.46. The summed E-state index contributed by atoms with van der Waals surface area (Å²) in [7, 11) is 0. The van der Waals surface area contributed by atoms with Crippen molar-refractivity contribution < 1.29 is 4.79 Å².